The Morgan fingerprint density at radius 1 is 1.19 bits per heavy atom. The van der Waals surface area contributed by atoms with E-state index in [0.717, 1.165) is 36.3 Å². The van der Waals surface area contributed by atoms with Gasteiger partial charge in [0.1, 0.15) is 5.75 Å². The molecule has 1 N–H and O–H groups in total. The molecule has 0 radical (unpaired) electrons. The summed E-state index contributed by atoms with van der Waals surface area (Å²) in [6, 6.07) is 16.6. The summed E-state index contributed by atoms with van der Waals surface area (Å²) < 4.78 is 5.41. The van der Waals surface area contributed by atoms with Crippen molar-refractivity contribution in [2.75, 3.05) is 18.6 Å². The van der Waals surface area contributed by atoms with Crippen LogP contribution in [0.3, 0.4) is 0 Å². The number of anilines is 1. The molecule has 160 valence electrons. The molecule has 1 atom stereocenters. The van der Waals surface area contributed by atoms with Gasteiger partial charge >= 0.3 is 5.97 Å². The van der Waals surface area contributed by atoms with Gasteiger partial charge in [-0.15, -0.1) is 0 Å². The topological polar surface area (TPSA) is 75.5 Å². The molecule has 6 nitrogen and oxygen atoms in total. The zero-order valence-electron chi connectivity index (χ0n) is 17.9. The number of aromatic carboxylic acids is 1. The maximum atomic E-state index is 11.8. The van der Waals surface area contributed by atoms with Crippen LogP contribution in [0.5, 0.6) is 5.75 Å². The van der Waals surface area contributed by atoms with Crippen molar-refractivity contribution in [1.29, 1.82) is 0 Å². The van der Waals surface area contributed by atoms with Gasteiger partial charge in [0.2, 0.25) is 5.95 Å². The van der Waals surface area contributed by atoms with E-state index in [9.17, 15) is 9.90 Å². The standard InChI is InChI=1S/C25H27N3O3/c1-17-10-11-18(15-23(17)31-2)12-13-21-20(24(29)30)16-26-25(27-21)28-14-6-9-22(28)19-7-4-3-5-8-19/h3-5,7-8,10-11,15-16,22H,6,9,12-14H2,1-2H3,(H,29,30). The Kier molecular flexibility index (Phi) is 6.16. The highest BCUT2D eigenvalue weighted by molar-refractivity contribution is 5.88. The molecule has 1 fully saturated rings. The highest BCUT2D eigenvalue weighted by Crippen LogP contribution is 2.34. The molecule has 4 rings (SSSR count). The van der Waals surface area contributed by atoms with Gasteiger partial charge in [-0.25, -0.2) is 14.8 Å². The molecule has 1 aliphatic rings. The van der Waals surface area contributed by atoms with Crippen molar-refractivity contribution in [2.24, 2.45) is 0 Å². The average Bonchev–Trinajstić information content (AvgIpc) is 3.29. The first kappa shape index (κ1) is 20.8. The first-order valence-electron chi connectivity index (χ1n) is 10.6. The lowest BCUT2D eigenvalue weighted by Crippen LogP contribution is -2.25. The number of hydrogen-bond acceptors (Lipinski definition) is 5. The van der Waals surface area contributed by atoms with Gasteiger partial charge in [-0.1, -0.05) is 42.5 Å². The lowest BCUT2D eigenvalue weighted by Gasteiger charge is -2.25. The zero-order chi connectivity index (χ0) is 21.8. The molecular formula is C25H27N3O3. The summed E-state index contributed by atoms with van der Waals surface area (Å²) in [4.78, 5) is 23.1. The van der Waals surface area contributed by atoms with Crippen LogP contribution in [0, 0.1) is 6.92 Å². The van der Waals surface area contributed by atoms with Crippen molar-refractivity contribution < 1.29 is 14.6 Å². The van der Waals surface area contributed by atoms with E-state index < -0.39 is 5.97 Å². The SMILES string of the molecule is COc1cc(CCc2nc(N3CCCC3c3ccccc3)ncc2C(=O)O)ccc1C. The van der Waals surface area contributed by atoms with Gasteiger partial charge in [-0.2, -0.15) is 0 Å². The number of hydrogen-bond donors (Lipinski definition) is 1. The highest BCUT2D eigenvalue weighted by Gasteiger charge is 2.28. The van der Waals surface area contributed by atoms with Gasteiger partial charge in [0.05, 0.1) is 24.4 Å². The molecule has 2 aromatic carbocycles. The third-order valence-corrected chi connectivity index (χ3v) is 5.90. The predicted octanol–water partition coefficient (Wildman–Crippen LogP) is 4.62. The van der Waals surface area contributed by atoms with Crippen LogP contribution in [0.1, 0.15) is 51.6 Å². The number of methoxy groups -OCH3 is 1. The molecular weight excluding hydrogens is 390 g/mol. The second-order valence-corrected chi connectivity index (χ2v) is 7.90. The summed E-state index contributed by atoms with van der Waals surface area (Å²) in [6.45, 7) is 2.86. The van der Waals surface area contributed by atoms with E-state index in [0.29, 0.717) is 24.5 Å². The molecule has 0 aliphatic carbocycles. The Hall–Kier alpha value is -3.41. The molecule has 1 saturated heterocycles. The number of rotatable bonds is 7. The Labute approximate surface area is 182 Å². The van der Waals surface area contributed by atoms with Crippen molar-refractivity contribution >= 4 is 11.9 Å². The quantitative estimate of drug-likeness (QED) is 0.605. The van der Waals surface area contributed by atoms with E-state index in [2.05, 4.69) is 22.0 Å². The minimum Gasteiger partial charge on any atom is -0.496 e. The third-order valence-electron chi connectivity index (χ3n) is 5.90. The number of carbonyl (C=O) groups is 1. The van der Waals surface area contributed by atoms with E-state index in [1.165, 1.54) is 11.8 Å². The fraction of sp³-hybridized carbons (Fsp3) is 0.320. The van der Waals surface area contributed by atoms with E-state index in [1.807, 2.05) is 43.3 Å². The van der Waals surface area contributed by atoms with Crippen LogP contribution in [0.15, 0.2) is 54.7 Å². The molecule has 1 unspecified atom stereocenters. The van der Waals surface area contributed by atoms with Crippen LogP contribution >= 0.6 is 0 Å². The molecule has 3 aromatic rings. The second-order valence-electron chi connectivity index (χ2n) is 7.90. The van der Waals surface area contributed by atoms with E-state index >= 15 is 0 Å². The van der Waals surface area contributed by atoms with Crippen molar-refractivity contribution in [1.82, 2.24) is 9.97 Å². The van der Waals surface area contributed by atoms with Gasteiger partial charge in [-0.05, 0) is 55.4 Å². The molecule has 2 heterocycles. The van der Waals surface area contributed by atoms with Crippen LogP contribution in [-0.4, -0.2) is 34.7 Å². The normalized spacial score (nSPS) is 15.8. The molecule has 0 bridgehead atoms. The van der Waals surface area contributed by atoms with Gasteiger partial charge in [0, 0.05) is 12.7 Å². The summed E-state index contributed by atoms with van der Waals surface area (Å²) in [5.74, 6) is 0.444. The summed E-state index contributed by atoms with van der Waals surface area (Å²) in [6.07, 6.45) is 4.74. The van der Waals surface area contributed by atoms with Crippen LogP contribution < -0.4 is 9.64 Å². The summed E-state index contributed by atoms with van der Waals surface area (Å²) in [5, 5.41) is 9.65. The Bertz CT molecular complexity index is 1070. The Balaban J connectivity index is 1.60. The highest BCUT2D eigenvalue weighted by atomic mass is 16.5. The summed E-state index contributed by atoms with van der Waals surface area (Å²) in [7, 11) is 1.66. The molecule has 6 heteroatoms. The van der Waals surface area contributed by atoms with Crippen molar-refractivity contribution in [3.63, 3.8) is 0 Å². The van der Waals surface area contributed by atoms with Gasteiger partial charge < -0.3 is 14.7 Å². The number of carboxylic acid groups (broad SMARTS) is 1. The van der Waals surface area contributed by atoms with Crippen LogP contribution in [0.4, 0.5) is 5.95 Å². The van der Waals surface area contributed by atoms with Crippen LogP contribution in [-0.2, 0) is 12.8 Å². The lowest BCUT2D eigenvalue weighted by atomic mass is 10.0. The number of aromatic nitrogens is 2. The molecule has 1 aliphatic heterocycles. The Morgan fingerprint density at radius 2 is 2.00 bits per heavy atom. The number of ether oxygens (including phenoxy) is 1. The molecule has 0 spiro atoms. The van der Waals surface area contributed by atoms with E-state index in [4.69, 9.17) is 9.72 Å². The smallest absolute Gasteiger partial charge is 0.339 e. The first-order chi connectivity index (χ1) is 15.1. The van der Waals surface area contributed by atoms with Crippen molar-refractivity contribution in [3.05, 3.63) is 82.7 Å². The fourth-order valence-corrected chi connectivity index (χ4v) is 4.22. The van der Waals surface area contributed by atoms with Crippen LogP contribution in [0.25, 0.3) is 0 Å². The second kappa shape index (κ2) is 9.16. The maximum Gasteiger partial charge on any atom is 0.339 e. The van der Waals surface area contributed by atoms with Gasteiger partial charge in [0.15, 0.2) is 0 Å². The molecule has 31 heavy (non-hydrogen) atoms. The summed E-state index contributed by atoms with van der Waals surface area (Å²) in [5.41, 5.74) is 4.12. The van der Waals surface area contributed by atoms with E-state index in [1.54, 1.807) is 7.11 Å². The fourth-order valence-electron chi connectivity index (χ4n) is 4.22. The Morgan fingerprint density at radius 3 is 2.74 bits per heavy atom. The van der Waals surface area contributed by atoms with E-state index in [-0.39, 0.29) is 11.6 Å². The summed E-state index contributed by atoms with van der Waals surface area (Å²) >= 11 is 0. The largest absolute Gasteiger partial charge is 0.496 e. The van der Waals surface area contributed by atoms with Gasteiger partial charge in [0.25, 0.3) is 0 Å². The minimum atomic E-state index is -0.996. The average molecular weight is 418 g/mol. The maximum absolute atomic E-state index is 11.8. The van der Waals surface area contributed by atoms with Crippen LogP contribution in [0.2, 0.25) is 0 Å². The monoisotopic (exact) mass is 417 g/mol. The van der Waals surface area contributed by atoms with Gasteiger partial charge in [-0.3, -0.25) is 0 Å². The molecule has 1 aromatic heterocycles. The number of nitrogens with zero attached hydrogens (tertiary/aromatic N) is 3. The van der Waals surface area contributed by atoms with Crippen molar-refractivity contribution in [2.45, 2.75) is 38.6 Å². The molecule has 0 amide bonds. The number of aryl methyl sites for hydroxylation is 3. The van der Waals surface area contributed by atoms with Crippen molar-refractivity contribution in [3.8, 4) is 5.75 Å². The molecule has 0 saturated carbocycles. The lowest BCUT2D eigenvalue weighted by molar-refractivity contribution is 0.0694. The number of carboxylic acids is 1. The zero-order valence-corrected chi connectivity index (χ0v) is 17.9. The minimum absolute atomic E-state index is 0.165. The number of benzene rings is 2. The first-order valence-corrected chi connectivity index (χ1v) is 10.6. The third kappa shape index (κ3) is 4.53. The predicted molar refractivity (Wildman–Crippen MR) is 120 cm³/mol.